The first kappa shape index (κ1) is 21.2. The lowest BCUT2D eigenvalue weighted by molar-refractivity contribution is -0.142. The van der Waals surface area contributed by atoms with Gasteiger partial charge in [-0.15, -0.1) is 11.3 Å². The number of hydrogen-bond donors (Lipinski definition) is 1. The molecule has 1 N–H and O–H groups in total. The van der Waals surface area contributed by atoms with E-state index in [4.69, 9.17) is 14.2 Å². The summed E-state index contributed by atoms with van der Waals surface area (Å²) in [6, 6.07) is 7.76. The van der Waals surface area contributed by atoms with Crippen molar-refractivity contribution in [1.82, 2.24) is 9.88 Å². The first-order valence-electron chi connectivity index (χ1n) is 9.65. The van der Waals surface area contributed by atoms with Crippen LogP contribution in [0.5, 0.6) is 5.75 Å². The number of carbonyl (C=O) groups excluding carboxylic acids is 1. The normalized spacial score (nSPS) is 14.8. The molecule has 1 aliphatic rings. The van der Waals surface area contributed by atoms with Gasteiger partial charge in [0.1, 0.15) is 12.4 Å². The second kappa shape index (κ2) is 11.5. The fourth-order valence-corrected chi connectivity index (χ4v) is 3.39. The van der Waals surface area contributed by atoms with Crippen LogP contribution in [0, 0.1) is 0 Å². The summed E-state index contributed by atoms with van der Waals surface area (Å²) in [6.07, 6.45) is 1.88. The van der Waals surface area contributed by atoms with E-state index in [2.05, 4.69) is 20.4 Å². The van der Waals surface area contributed by atoms with Gasteiger partial charge in [0.15, 0.2) is 0 Å². The molecule has 156 valence electrons. The molecule has 0 spiro atoms. The third-order valence-electron chi connectivity index (χ3n) is 4.22. The summed E-state index contributed by atoms with van der Waals surface area (Å²) < 4.78 is 16.1. The van der Waals surface area contributed by atoms with Gasteiger partial charge in [0.05, 0.1) is 38.1 Å². The number of hydrogen-bond acceptors (Lipinski definition) is 9. The van der Waals surface area contributed by atoms with Gasteiger partial charge in [0.2, 0.25) is 5.13 Å². The number of nitrogens with zero attached hydrogens (tertiary/aromatic N) is 3. The van der Waals surface area contributed by atoms with E-state index in [0.29, 0.717) is 24.0 Å². The lowest BCUT2D eigenvalue weighted by Gasteiger charge is -2.26. The minimum atomic E-state index is -0.278. The Hall–Kier alpha value is -2.49. The molecule has 1 fully saturated rings. The largest absolute Gasteiger partial charge is 0.492 e. The van der Waals surface area contributed by atoms with Crippen LogP contribution in [0.15, 0.2) is 34.7 Å². The zero-order valence-electron chi connectivity index (χ0n) is 16.5. The predicted molar refractivity (Wildman–Crippen MR) is 113 cm³/mol. The maximum atomic E-state index is 11.5. The van der Waals surface area contributed by atoms with Crippen molar-refractivity contribution < 1.29 is 19.0 Å². The molecule has 1 saturated heterocycles. The van der Waals surface area contributed by atoms with Crippen molar-refractivity contribution in [1.29, 1.82) is 0 Å². The van der Waals surface area contributed by atoms with E-state index in [1.807, 2.05) is 29.6 Å². The molecule has 8 nitrogen and oxygen atoms in total. The molecule has 1 aromatic carbocycles. The van der Waals surface area contributed by atoms with Crippen LogP contribution in [-0.4, -0.2) is 68.1 Å². The smallest absolute Gasteiger partial charge is 0.311 e. The number of nitrogens with one attached hydrogen (secondary N) is 1. The predicted octanol–water partition coefficient (Wildman–Crippen LogP) is 2.41. The number of benzene rings is 1. The quantitative estimate of drug-likeness (QED) is 0.360. The van der Waals surface area contributed by atoms with Gasteiger partial charge in [0.25, 0.3) is 0 Å². The van der Waals surface area contributed by atoms with E-state index in [1.165, 1.54) is 11.3 Å². The highest BCUT2D eigenvalue weighted by Crippen LogP contribution is 2.16. The Morgan fingerprint density at radius 1 is 1.34 bits per heavy atom. The first-order chi connectivity index (χ1) is 14.2. The molecule has 0 saturated carbocycles. The van der Waals surface area contributed by atoms with Crippen LogP contribution in [0.1, 0.15) is 18.2 Å². The number of thiazole rings is 1. The summed E-state index contributed by atoms with van der Waals surface area (Å²) in [6.45, 7) is 7.26. The van der Waals surface area contributed by atoms with Crippen molar-refractivity contribution in [3.05, 3.63) is 40.9 Å². The zero-order chi connectivity index (χ0) is 20.3. The van der Waals surface area contributed by atoms with Gasteiger partial charge in [-0.3, -0.25) is 15.1 Å². The molecule has 0 unspecified atom stereocenters. The number of anilines is 1. The first-order valence-corrected chi connectivity index (χ1v) is 10.5. The molecule has 0 atom stereocenters. The Morgan fingerprint density at radius 2 is 2.14 bits per heavy atom. The van der Waals surface area contributed by atoms with Gasteiger partial charge >= 0.3 is 5.97 Å². The van der Waals surface area contributed by atoms with Crippen LogP contribution in [0.3, 0.4) is 0 Å². The zero-order valence-corrected chi connectivity index (χ0v) is 17.3. The molecule has 0 bridgehead atoms. The Balaban J connectivity index is 1.39. The van der Waals surface area contributed by atoms with Crippen LogP contribution in [0.2, 0.25) is 0 Å². The Morgan fingerprint density at radius 3 is 2.90 bits per heavy atom. The highest BCUT2D eigenvalue weighted by atomic mass is 32.1. The molecule has 2 aromatic rings. The highest BCUT2D eigenvalue weighted by Gasteiger charge is 2.10. The average Bonchev–Trinajstić information content (AvgIpc) is 3.17. The van der Waals surface area contributed by atoms with Crippen LogP contribution in [0.4, 0.5) is 5.13 Å². The van der Waals surface area contributed by atoms with E-state index in [9.17, 15) is 4.79 Å². The summed E-state index contributed by atoms with van der Waals surface area (Å²) in [5.41, 5.74) is 4.50. The molecule has 0 aliphatic carbocycles. The van der Waals surface area contributed by atoms with Gasteiger partial charge < -0.3 is 14.2 Å². The van der Waals surface area contributed by atoms with Gasteiger partial charge in [-0.1, -0.05) is 0 Å². The molecule has 0 radical (unpaired) electrons. The number of rotatable bonds is 10. The molecule has 2 heterocycles. The van der Waals surface area contributed by atoms with E-state index >= 15 is 0 Å². The van der Waals surface area contributed by atoms with Crippen molar-refractivity contribution in [3.63, 3.8) is 0 Å². The van der Waals surface area contributed by atoms with Crippen molar-refractivity contribution >= 4 is 28.7 Å². The van der Waals surface area contributed by atoms with Crippen molar-refractivity contribution in [3.8, 4) is 5.75 Å². The number of ether oxygens (including phenoxy) is 3. The summed E-state index contributed by atoms with van der Waals surface area (Å²) >= 11 is 1.39. The SMILES string of the molecule is CCOC(=O)Cc1csc(NN=Cc2ccc(OCCN3CCOCC3)cc2)n1. The summed E-state index contributed by atoms with van der Waals surface area (Å²) in [5.74, 6) is 0.562. The second-order valence-electron chi connectivity index (χ2n) is 6.37. The highest BCUT2D eigenvalue weighted by molar-refractivity contribution is 7.13. The molecule has 9 heteroatoms. The van der Waals surface area contributed by atoms with Crippen LogP contribution >= 0.6 is 11.3 Å². The van der Waals surface area contributed by atoms with E-state index in [1.54, 1.807) is 13.1 Å². The lowest BCUT2D eigenvalue weighted by Crippen LogP contribution is -2.38. The Kier molecular flexibility index (Phi) is 8.41. The monoisotopic (exact) mass is 418 g/mol. The molecular weight excluding hydrogens is 392 g/mol. The minimum absolute atomic E-state index is 0.169. The number of hydrazone groups is 1. The van der Waals surface area contributed by atoms with E-state index < -0.39 is 0 Å². The third-order valence-corrected chi connectivity index (χ3v) is 5.01. The van der Waals surface area contributed by atoms with E-state index in [-0.39, 0.29) is 12.4 Å². The summed E-state index contributed by atoms with van der Waals surface area (Å²) in [7, 11) is 0. The molecular formula is C20H26N4O4S. The van der Waals surface area contributed by atoms with Gasteiger partial charge in [-0.25, -0.2) is 4.98 Å². The lowest BCUT2D eigenvalue weighted by atomic mass is 10.2. The number of aromatic nitrogens is 1. The number of morpholine rings is 1. The fraction of sp³-hybridized carbons (Fsp3) is 0.450. The minimum Gasteiger partial charge on any atom is -0.492 e. The number of esters is 1. The van der Waals surface area contributed by atoms with Crippen LogP contribution < -0.4 is 10.2 Å². The van der Waals surface area contributed by atoms with Crippen LogP contribution in [0.25, 0.3) is 0 Å². The van der Waals surface area contributed by atoms with Crippen LogP contribution in [-0.2, 0) is 20.7 Å². The molecule has 0 amide bonds. The Bertz CT molecular complexity index is 788. The van der Waals surface area contributed by atoms with E-state index in [0.717, 1.165) is 44.2 Å². The van der Waals surface area contributed by atoms with Gasteiger partial charge in [-0.05, 0) is 36.8 Å². The summed E-state index contributed by atoms with van der Waals surface area (Å²) in [4.78, 5) is 18.1. The third kappa shape index (κ3) is 7.45. The maximum Gasteiger partial charge on any atom is 0.311 e. The van der Waals surface area contributed by atoms with Gasteiger partial charge in [0, 0.05) is 25.0 Å². The molecule has 1 aromatic heterocycles. The molecule has 29 heavy (non-hydrogen) atoms. The fourth-order valence-electron chi connectivity index (χ4n) is 2.73. The van der Waals surface area contributed by atoms with Crippen molar-refractivity contribution in [2.45, 2.75) is 13.3 Å². The molecule has 3 rings (SSSR count). The summed E-state index contributed by atoms with van der Waals surface area (Å²) in [5, 5.41) is 6.64. The van der Waals surface area contributed by atoms with Crippen molar-refractivity contribution in [2.24, 2.45) is 5.10 Å². The van der Waals surface area contributed by atoms with Crippen molar-refractivity contribution in [2.75, 3.05) is 51.5 Å². The second-order valence-corrected chi connectivity index (χ2v) is 7.23. The maximum absolute atomic E-state index is 11.5. The average molecular weight is 419 g/mol. The topological polar surface area (TPSA) is 85.3 Å². The standard InChI is InChI=1S/C20H26N4O4S/c1-2-27-19(25)13-17-15-29-20(22-17)23-21-14-16-3-5-18(6-4-16)28-12-9-24-7-10-26-11-8-24/h3-6,14-15H,2,7-13H2,1H3,(H,22,23). The molecule has 1 aliphatic heterocycles. The number of carbonyl (C=O) groups is 1. The Labute approximate surface area is 174 Å². The van der Waals surface area contributed by atoms with Gasteiger partial charge in [-0.2, -0.15) is 5.10 Å².